The minimum absolute atomic E-state index is 0.145. The lowest BCUT2D eigenvalue weighted by Gasteiger charge is -2.05. The van der Waals surface area contributed by atoms with Gasteiger partial charge in [0, 0.05) is 0 Å². The van der Waals surface area contributed by atoms with E-state index in [1.54, 1.807) is 26.4 Å². The van der Waals surface area contributed by atoms with Crippen LogP contribution < -0.4 is 11.1 Å². The number of carbonyl (C=O) groups excluding carboxylic acids is 2. The lowest BCUT2D eigenvalue weighted by molar-refractivity contribution is 0.158. The molecule has 116 valence electrons. The molecule has 0 aromatic carbocycles. The van der Waals surface area contributed by atoms with Crippen LogP contribution in [0.15, 0.2) is 4.99 Å². The van der Waals surface area contributed by atoms with Gasteiger partial charge >= 0.3 is 12.2 Å². The topological polar surface area (TPSA) is 127 Å². The molecule has 4 N–H and O–H groups in total. The largest absolute Gasteiger partial charge is 0.450 e. The molecule has 0 bridgehead atoms. The van der Waals surface area contributed by atoms with Crippen LogP contribution in [0.1, 0.15) is 13.8 Å². The Hall–Kier alpha value is -1.42. The predicted molar refractivity (Wildman–Crippen MR) is 83.6 cm³/mol. The van der Waals surface area contributed by atoms with Crippen LogP contribution in [0.2, 0.25) is 0 Å². The zero-order valence-electron chi connectivity index (χ0n) is 11.9. The second kappa shape index (κ2) is 14.0. The molecule has 0 spiro atoms. The molecule has 0 aromatic rings. The minimum Gasteiger partial charge on any atom is -0.450 e. The summed E-state index contributed by atoms with van der Waals surface area (Å²) in [5.74, 6) is 0. The van der Waals surface area contributed by atoms with Gasteiger partial charge in [-0.05, 0) is 26.4 Å². The monoisotopic (exact) mass is 324 g/mol. The van der Waals surface area contributed by atoms with Crippen LogP contribution in [0.4, 0.5) is 9.59 Å². The molecule has 0 rings (SSSR count). The number of rotatable bonds is 2. The molecular formula is C10H20N4O4S2. The Labute approximate surface area is 126 Å². The predicted octanol–water partition coefficient (Wildman–Crippen LogP) is 1.85. The smallest absolute Gasteiger partial charge is 0.436 e. The van der Waals surface area contributed by atoms with Crippen LogP contribution in [-0.4, -0.2) is 48.2 Å². The van der Waals surface area contributed by atoms with Gasteiger partial charge in [-0.1, -0.05) is 23.5 Å². The highest BCUT2D eigenvalue weighted by molar-refractivity contribution is 8.13. The number of amidine groups is 2. The van der Waals surface area contributed by atoms with Crippen LogP contribution in [0, 0.1) is 5.41 Å². The van der Waals surface area contributed by atoms with Crippen LogP contribution in [0.3, 0.4) is 0 Å². The Kier molecular flexibility index (Phi) is 14.6. The number of alkyl carbamates (subject to hydrolysis) is 1. The van der Waals surface area contributed by atoms with Crippen LogP contribution in [0.25, 0.3) is 0 Å². The summed E-state index contributed by atoms with van der Waals surface area (Å²) in [4.78, 5) is 25.4. The zero-order valence-corrected chi connectivity index (χ0v) is 13.5. The average Bonchev–Trinajstić information content (AvgIpc) is 2.39. The molecule has 0 saturated heterocycles. The fourth-order valence-corrected chi connectivity index (χ4v) is 0.969. The second-order valence-electron chi connectivity index (χ2n) is 2.73. The lowest BCUT2D eigenvalue weighted by atomic mass is 10.8. The number of aliphatic imine (C=N–C) groups is 1. The van der Waals surface area contributed by atoms with E-state index < -0.39 is 12.2 Å². The van der Waals surface area contributed by atoms with Gasteiger partial charge < -0.3 is 15.2 Å². The molecular weight excluding hydrogens is 304 g/mol. The maximum absolute atomic E-state index is 11.0. The molecule has 0 atom stereocenters. The van der Waals surface area contributed by atoms with Crippen LogP contribution >= 0.6 is 23.5 Å². The van der Waals surface area contributed by atoms with Gasteiger partial charge in [0.15, 0.2) is 10.3 Å². The maximum atomic E-state index is 11.0. The van der Waals surface area contributed by atoms with E-state index in [-0.39, 0.29) is 23.5 Å². The Morgan fingerprint density at radius 2 is 1.70 bits per heavy atom. The number of amides is 2. The number of nitrogens with one attached hydrogen (secondary N) is 2. The van der Waals surface area contributed by atoms with E-state index in [2.05, 4.69) is 19.8 Å². The molecule has 0 fully saturated rings. The van der Waals surface area contributed by atoms with Crippen molar-refractivity contribution in [1.82, 2.24) is 5.32 Å². The molecule has 0 radical (unpaired) electrons. The summed E-state index contributed by atoms with van der Waals surface area (Å²) in [6, 6.07) is 0. The fraction of sp³-hybridized carbons (Fsp3) is 0.600. The van der Waals surface area contributed by atoms with E-state index in [9.17, 15) is 9.59 Å². The highest BCUT2D eigenvalue weighted by Crippen LogP contribution is 1.97. The van der Waals surface area contributed by atoms with E-state index in [1.165, 1.54) is 11.8 Å². The first-order valence-corrected chi connectivity index (χ1v) is 7.97. The Morgan fingerprint density at radius 1 is 1.20 bits per heavy atom. The molecule has 0 heterocycles. The van der Waals surface area contributed by atoms with E-state index in [1.807, 2.05) is 0 Å². The number of thioether (sulfide) groups is 2. The number of ether oxygens (including phenoxy) is 2. The average molecular weight is 324 g/mol. The quantitative estimate of drug-likeness (QED) is 0.522. The van der Waals surface area contributed by atoms with E-state index in [4.69, 9.17) is 11.1 Å². The number of carbonyl (C=O) groups is 2. The third kappa shape index (κ3) is 14.6. The Balaban J connectivity index is 0. The molecule has 0 aliphatic carbocycles. The molecule has 0 saturated carbocycles. The first kappa shape index (κ1) is 20.9. The second-order valence-corrected chi connectivity index (χ2v) is 4.38. The van der Waals surface area contributed by atoms with E-state index in [0.717, 1.165) is 11.8 Å². The van der Waals surface area contributed by atoms with Crippen LogP contribution in [0.5, 0.6) is 0 Å². The van der Waals surface area contributed by atoms with E-state index >= 15 is 0 Å². The molecule has 0 aliphatic heterocycles. The molecule has 0 aromatic heterocycles. The molecule has 0 aliphatic rings. The van der Waals surface area contributed by atoms with Crippen molar-refractivity contribution in [3.05, 3.63) is 0 Å². The number of nitrogens with zero attached hydrogens (tertiary/aromatic N) is 1. The van der Waals surface area contributed by atoms with Gasteiger partial charge in [-0.15, -0.1) is 0 Å². The summed E-state index contributed by atoms with van der Waals surface area (Å²) in [5.41, 5.74) is 4.84. The summed E-state index contributed by atoms with van der Waals surface area (Å²) in [5, 5.41) is 9.11. The maximum Gasteiger partial charge on any atom is 0.436 e. The molecule has 2 amide bonds. The molecule has 10 heteroatoms. The molecule has 8 nitrogen and oxygen atoms in total. The first-order chi connectivity index (χ1) is 9.40. The highest BCUT2D eigenvalue weighted by atomic mass is 32.2. The van der Waals surface area contributed by atoms with Crippen molar-refractivity contribution in [2.45, 2.75) is 13.8 Å². The summed E-state index contributed by atoms with van der Waals surface area (Å²) in [6.45, 7) is 3.85. The van der Waals surface area contributed by atoms with Gasteiger partial charge in [-0.3, -0.25) is 10.7 Å². The Morgan fingerprint density at radius 3 is 2.05 bits per heavy atom. The standard InChI is InChI=1S/C8H14N2O4S.C2H6N2S/c1-4-13-7(11)9-6(15-3)10-8(12)14-5-2;1-5-2(3)4/h4-5H2,1-3H3,(H,9,10,11,12);1H3,(H3,3,4). The summed E-state index contributed by atoms with van der Waals surface area (Å²) in [7, 11) is 0. The SMILES string of the molecule is CCOC(=O)N=C(NC(=O)OCC)SC.CSC(=N)N. The van der Waals surface area contributed by atoms with Crippen LogP contribution in [-0.2, 0) is 9.47 Å². The van der Waals surface area contributed by atoms with Gasteiger partial charge in [0.05, 0.1) is 13.2 Å². The van der Waals surface area contributed by atoms with E-state index in [0.29, 0.717) is 0 Å². The van der Waals surface area contributed by atoms with Crippen molar-refractivity contribution in [2.75, 3.05) is 25.7 Å². The van der Waals surface area contributed by atoms with Crippen molar-refractivity contribution in [3.63, 3.8) is 0 Å². The molecule has 20 heavy (non-hydrogen) atoms. The van der Waals surface area contributed by atoms with Crippen molar-refractivity contribution < 1.29 is 19.1 Å². The lowest BCUT2D eigenvalue weighted by Crippen LogP contribution is -2.29. The molecule has 0 unspecified atom stereocenters. The van der Waals surface area contributed by atoms with Crippen molar-refractivity contribution in [2.24, 2.45) is 10.7 Å². The number of hydrogen-bond donors (Lipinski definition) is 3. The summed E-state index contributed by atoms with van der Waals surface area (Å²) < 4.78 is 9.20. The van der Waals surface area contributed by atoms with Gasteiger partial charge in [0.1, 0.15) is 0 Å². The third-order valence-electron chi connectivity index (χ3n) is 1.36. The number of hydrogen-bond acceptors (Lipinski definition) is 7. The highest BCUT2D eigenvalue weighted by Gasteiger charge is 2.07. The fourth-order valence-electron chi connectivity index (χ4n) is 0.618. The van der Waals surface area contributed by atoms with Gasteiger partial charge in [0.25, 0.3) is 0 Å². The van der Waals surface area contributed by atoms with Crippen molar-refractivity contribution in [1.29, 1.82) is 5.41 Å². The summed E-state index contributed by atoms with van der Waals surface area (Å²) >= 11 is 2.36. The zero-order chi connectivity index (χ0) is 16.0. The summed E-state index contributed by atoms with van der Waals surface area (Å²) in [6.07, 6.45) is 2.06. The number of nitrogens with two attached hydrogens (primary N) is 1. The van der Waals surface area contributed by atoms with Gasteiger partial charge in [-0.25, -0.2) is 9.59 Å². The van der Waals surface area contributed by atoms with Gasteiger partial charge in [-0.2, -0.15) is 4.99 Å². The normalized spacial score (nSPS) is 9.90. The van der Waals surface area contributed by atoms with Crippen molar-refractivity contribution in [3.8, 4) is 0 Å². The first-order valence-electron chi connectivity index (χ1n) is 5.52. The Bertz CT molecular complexity index is 350. The van der Waals surface area contributed by atoms with Crippen molar-refractivity contribution >= 4 is 46.0 Å². The third-order valence-corrected chi connectivity index (χ3v) is 2.38. The van der Waals surface area contributed by atoms with Gasteiger partial charge in [0.2, 0.25) is 0 Å². The minimum atomic E-state index is -0.737.